The first kappa shape index (κ1) is 22.3. The van der Waals surface area contributed by atoms with Crippen molar-refractivity contribution in [3.05, 3.63) is 113 Å². The summed E-state index contributed by atoms with van der Waals surface area (Å²) in [5.74, 6) is -0.247. The third-order valence-electron chi connectivity index (χ3n) is 6.46. The van der Waals surface area contributed by atoms with Gasteiger partial charge in [-0.1, -0.05) is 24.3 Å². The van der Waals surface area contributed by atoms with Crippen LogP contribution >= 0.6 is 12.2 Å². The van der Waals surface area contributed by atoms with Crippen molar-refractivity contribution in [1.82, 2.24) is 14.9 Å². The smallest absolute Gasteiger partial charge is 0.174 e. The Balaban J connectivity index is 1.71. The summed E-state index contributed by atoms with van der Waals surface area (Å²) < 4.78 is 16.8. The van der Waals surface area contributed by atoms with Crippen molar-refractivity contribution in [1.29, 1.82) is 0 Å². The molecule has 2 aromatic heterocycles. The van der Waals surface area contributed by atoms with Gasteiger partial charge in [-0.05, 0) is 99.1 Å². The summed E-state index contributed by atoms with van der Waals surface area (Å²) in [5, 5.41) is 4.18. The van der Waals surface area contributed by atoms with Crippen LogP contribution in [-0.4, -0.2) is 14.7 Å². The lowest BCUT2D eigenvalue weighted by Gasteiger charge is -2.29. The fourth-order valence-electron chi connectivity index (χ4n) is 5.13. The maximum Gasteiger partial charge on any atom is 0.174 e. The first-order valence-corrected chi connectivity index (χ1v) is 11.8. The number of thiocarbonyl (C=S) groups is 1. The Bertz CT molecular complexity index is 1360. The van der Waals surface area contributed by atoms with Gasteiger partial charge in [-0.2, -0.15) is 0 Å². The van der Waals surface area contributed by atoms with Crippen molar-refractivity contribution >= 4 is 23.0 Å². The molecule has 172 valence electrons. The minimum absolute atomic E-state index is 0.143. The molecule has 3 heterocycles. The Morgan fingerprint density at radius 3 is 2.29 bits per heavy atom. The zero-order chi connectivity index (χ0) is 24.0. The Kier molecular flexibility index (Phi) is 5.70. The van der Waals surface area contributed by atoms with Crippen molar-refractivity contribution in [2.45, 2.75) is 39.8 Å². The van der Waals surface area contributed by atoms with E-state index in [1.165, 1.54) is 17.2 Å². The lowest BCUT2D eigenvalue weighted by Crippen LogP contribution is -2.29. The number of aromatic nitrogens is 2. The summed E-state index contributed by atoms with van der Waals surface area (Å²) in [4.78, 5) is 6.83. The molecule has 4 nitrogen and oxygen atoms in total. The van der Waals surface area contributed by atoms with E-state index in [1.54, 1.807) is 12.3 Å². The van der Waals surface area contributed by atoms with Crippen LogP contribution in [-0.2, 0) is 0 Å². The SMILES string of the molecule is Cc1cc(C)cc(N2C(=S)N[C@H](c3ccccn3)[C@@H]2c2cc(C)n(-c3ccccc3F)c2C)c1. The van der Waals surface area contributed by atoms with E-state index in [1.807, 2.05) is 48.7 Å². The molecule has 0 bridgehead atoms. The number of hydrogen-bond acceptors (Lipinski definition) is 2. The Labute approximate surface area is 205 Å². The number of rotatable bonds is 4. The maximum atomic E-state index is 14.8. The van der Waals surface area contributed by atoms with E-state index >= 15 is 0 Å². The van der Waals surface area contributed by atoms with Gasteiger partial charge in [0.15, 0.2) is 5.11 Å². The molecule has 1 saturated heterocycles. The minimum atomic E-state index is -0.247. The number of pyridine rings is 1. The Hall–Kier alpha value is -3.51. The van der Waals surface area contributed by atoms with Gasteiger partial charge < -0.3 is 14.8 Å². The molecule has 4 aromatic rings. The third-order valence-corrected chi connectivity index (χ3v) is 6.78. The highest BCUT2D eigenvalue weighted by Gasteiger charge is 2.42. The van der Waals surface area contributed by atoms with E-state index in [0.717, 1.165) is 28.3 Å². The zero-order valence-electron chi connectivity index (χ0n) is 19.7. The quantitative estimate of drug-likeness (QED) is 0.349. The van der Waals surface area contributed by atoms with Gasteiger partial charge in [0.1, 0.15) is 5.82 Å². The summed E-state index contributed by atoms with van der Waals surface area (Å²) >= 11 is 5.88. The van der Waals surface area contributed by atoms with E-state index in [2.05, 4.69) is 53.3 Å². The first-order valence-electron chi connectivity index (χ1n) is 11.4. The first-order chi connectivity index (χ1) is 16.3. The molecule has 34 heavy (non-hydrogen) atoms. The third kappa shape index (κ3) is 3.78. The molecule has 2 aromatic carbocycles. The lowest BCUT2D eigenvalue weighted by molar-refractivity contribution is 0.564. The van der Waals surface area contributed by atoms with Crippen molar-refractivity contribution < 1.29 is 4.39 Å². The van der Waals surface area contributed by atoms with Crippen LogP contribution in [0.3, 0.4) is 0 Å². The molecule has 0 aliphatic carbocycles. The van der Waals surface area contributed by atoms with Crippen molar-refractivity contribution in [2.75, 3.05) is 4.90 Å². The highest BCUT2D eigenvalue weighted by molar-refractivity contribution is 7.80. The second-order valence-electron chi connectivity index (χ2n) is 8.96. The topological polar surface area (TPSA) is 33.1 Å². The van der Waals surface area contributed by atoms with E-state index < -0.39 is 0 Å². The summed E-state index contributed by atoms with van der Waals surface area (Å²) in [6.45, 7) is 8.25. The molecule has 0 radical (unpaired) electrons. The predicted octanol–water partition coefficient (Wildman–Crippen LogP) is 6.42. The van der Waals surface area contributed by atoms with Crippen LogP contribution in [0.4, 0.5) is 10.1 Å². The fourth-order valence-corrected chi connectivity index (χ4v) is 5.48. The molecule has 2 atom stereocenters. The molecular weight excluding hydrogens is 443 g/mol. The number of anilines is 1. The predicted molar refractivity (Wildman–Crippen MR) is 139 cm³/mol. The average Bonchev–Trinajstić information content (AvgIpc) is 3.29. The molecular formula is C28H27FN4S. The highest BCUT2D eigenvalue weighted by Crippen LogP contribution is 2.44. The van der Waals surface area contributed by atoms with Crippen LogP contribution in [0.5, 0.6) is 0 Å². The summed E-state index contributed by atoms with van der Waals surface area (Å²) in [6.07, 6.45) is 1.80. The standard InChI is InChI=1S/C28H27FN4S/c1-17-13-18(2)15-21(14-17)33-27(26(31-28(33)34)24-10-7-8-12-30-24)22-16-19(3)32(20(22)4)25-11-6-5-9-23(25)29/h5-16,26-27H,1-4H3,(H,31,34)/t26-,27+/m1/s1. The summed E-state index contributed by atoms with van der Waals surface area (Å²) in [6, 6.07) is 21.1. The van der Waals surface area contributed by atoms with Gasteiger partial charge >= 0.3 is 0 Å². The van der Waals surface area contributed by atoms with Gasteiger partial charge in [0, 0.05) is 23.3 Å². The van der Waals surface area contributed by atoms with Crippen LogP contribution in [0.1, 0.15) is 45.9 Å². The number of aryl methyl sites for hydroxylation is 3. The van der Waals surface area contributed by atoms with Crippen LogP contribution in [0, 0.1) is 33.5 Å². The average molecular weight is 471 g/mol. The Morgan fingerprint density at radius 1 is 0.912 bits per heavy atom. The van der Waals surface area contributed by atoms with E-state index in [0.29, 0.717) is 10.8 Å². The van der Waals surface area contributed by atoms with Crippen molar-refractivity contribution in [3.63, 3.8) is 0 Å². The van der Waals surface area contributed by atoms with Gasteiger partial charge in [-0.25, -0.2) is 4.39 Å². The summed E-state index contributed by atoms with van der Waals surface area (Å²) in [5.41, 5.74) is 7.88. The summed E-state index contributed by atoms with van der Waals surface area (Å²) in [7, 11) is 0. The normalized spacial score (nSPS) is 17.8. The Morgan fingerprint density at radius 2 is 1.62 bits per heavy atom. The molecule has 1 fully saturated rings. The second-order valence-corrected chi connectivity index (χ2v) is 9.34. The van der Waals surface area contributed by atoms with Crippen LogP contribution < -0.4 is 10.2 Å². The number of para-hydroxylation sites is 1. The number of nitrogens with one attached hydrogen (secondary N) is 1. The van der Waals surface area contributed by atoms with Crippen LogP contribution in [0.25, 0.3) is 5.69 Å². The molecule has 6 heteroatoms. The number of benzene rings is 2. The number of nitrogens with zero attached hydrogens (tertiary/aromatic N) is 3. The van der Waals surface area contributed by atoms with Gasteiger partial charge in [0.25, 0.3) is 0 Å². The number of halogens is 1. The fraction of sp³-hybridized carbons (Fsp3) is 0.214. The molecule has 0 saturated carbocycles. The highest BCUT2D eigenvalue weighted by atomic mass is 32.1. The van der Waals surface area contributed by atoms with Crippen molar-refractivity contribution in [3.8, 4) is 5.69 Å². The largest absolute Gasteiger partial charge is 0.351 e. The van der Waals surface area contributed by atoms with Gasteiger partial charge in [0.2, 0.25) is 0 Å². The molecule has 0 spiro atoms. The number of hydrogen-bond donors (Lipinski definition) is 1. The van der Waals surface area contributed by atoms with Crippen molar-refractivity contribution in [2.24, 2.45) is 0 Å². The van der Waals surface area contributed by atoms with Gasteiger partial charge in [-0.3, -0.25) is 4.98 Å². The second kappa shape index (κ2) is 8.69. The molecule has 5 rings (SSSR count). The molecule has 1 aliphatic rings. The zero-order valence-corrected chi connectivity index (χ0v) is 20.5. The van der Waals surface area contributed by atoms with Gasteiger partial charge in [-0.15, -0.1) is 0 Å². The van der Waals surface area contributed by atoms with Crippen LogP contribution in [0.2, 0.25) is 0 Å². The molecule has 1 N–H and O–H groups in total. The molecule has 0 amide bonds. The van der Waals surface area contributed by atoms with E-state index in [-0.39, 0.29) is 17.9 Å². The minimum Gasteiger partial charge on any atom is -0.351 e. The van der Waals surface area contributed by atoms with Gasteiger partial charge in [0.05, 0.1) is 23.5 Å². The van der Waals surface area contributed by atoms with E-state index in [4.69, 9.17) is 12.2 Å². The molecule has 0 unspecified atom stereocenters. The van der Waals surface area contributed by atoms with E-state index in [9.17, 15) is 4.39 Å². The van der Waals surface area contributed by atoms with Crippen LogP contribution in [0.15, 0.2) is 72.9 Å². The maximum absolute atomic E-state index is 14.8. The lowest BCUT2D eigenvalue weighted by atomic mass is 9.96. The molecule has 1 aliphatic heterocycles. The monoisotopic (exact) mass is 470 g/mol.